The van der Waals surface area contributed by atoms with E-state index >= 15 is 0 Å². The van der Waals surface area contributed by atoms with Gasteiger partial charge in [0.2, 0.25) is 0 Å². The molecule has 1 aromatic heterocycles. The van der Waals surface area contributed by atoms with Crippen molar-refractivity contribution in [2.24, 2.45) is 0 Å². The lowest BCUT2D eigenvalue weighted by atomic mass is 10.2. The predicted molar refractivity (Wildman–Crippen MR) is 57.6 cm³/mol. The first-order valence-corrected chi connectivity index (χ1v) is 5.24. The second-order valence-corrected chi connectivity index (χ2v) is 3.91. The number of carboxylic acids is 1. The molecular weight excluding hydrogens is 261 g/mol. The molecule has 0 radical (unpaired) electrons. The van der Waals surface area contributed by atoms with E-state index in [0.29, 0.717) is 11.4 Å². The predicted octanol–water partition coefficient (Wildman–Crippen LogP) is 1.56. The van der Waals surface area contributed by atoms with E-state index in [1.807, 2.05) is 0 Å². The quantitative estimate of drug-likeness (QED) is 0.831. The maximum absolute atomic E-state index is 12.5. The van der Waals surface area contributed by atoms with Gasteiger partial charge >= 0.3 is 6.18 Å². The Kier molecular flexibility index (Phi) is 3.05. The number of rotatable bonds is 2. The summed E-state index contributed by atoms with van der Waals surface area (Å²) in [6.45, 7) is 1.48. The van der Waals surface area contributed by atoms with E-state index in [9.17, 15) is 23.1 Å². The topological polar surface area (TPSA) is 58.0 Å². The van der Waals surface area contributed by atoms with Crippen LogP contribution in [0.5, 0.6) is 0 Å². The Balaban J connectivity index is 2.42. The molecule has 0 bridgehead atoms. The third-order valence-electron chi connectivity index (χ3n) is 2.53. The van der Waals surface area contributed by atoms with Gasteiger partial charge in [-0.15, -0.1) is 0 Å². The first-order valence-electron chi connectivity index (χ1n) is 5.24. The number of carboxylic acid groups (broad SMARTS) is 1. The average Bonchev–Trinajstić information content (AvgIpc) is 2.71. The highest BCUT2D eigenvalue weighted by molar-refractivity contribution is 5.85. The molecule has 0 saturated carbocycles. The summed E-state index contributed by atoms with van der Waals surface area (Å²) in [5.74, 6) is -1.35. The van der Waals surface area contributed by atoms with Gasteiger partial charge in [-0.05, 0) is 30.7 Å². The summed E-state index contributed by atoms with van der Waals surface area (Å²) in [7, 11) is 0. The summed E-state index contributed by atoms with van der Waals surface area (Å²) >= 11 is 0. The minimum Gasteiger partial charge on any atom is -0.545 e. The summed E-state index contributed by atoms with van der Waals surface area (Å²) in [4.78, 5) is 10.6. The molecule has 0 atom stereocenters. The van der Waals surface area contributed by atoms with Crippen LogP contribution in [0.15, 0.2) is 30.3 Å². The second-order valence-electron chi connectivity index (χ2n) is 3.91. The molecule has 1 heterocycles. The Bertz CT molecular complexity index is 615. The number of carbonyl (C=O) groups is 1. The van der Waals surface area contributed by atoms with Crippen LogP contribution >= 0.6 is 0 Å². The molecule has 0 aliphatic rings. The zero-order valence-corrected chi connectivity index (χ0v) is 9.73. The van der Waals surface area contributed by atoms with Crippen molar-refractivity contribution < 1.29 is 23.1 Å². The summed E-state index contributed by atoms with van der Waals surface area (Å²) in [6.07, 6.45) is -4.51. The van der Waals surface area contributed by atoms with Crippen LogP contribution in [0, 0.1) is 6.92 Å². The highest BCUT2D eigenvalue weighted by Crippen LogP contribution is 2.29. The summed E-state index contributed by atoms with van der Waals surface area (Å²) < 4.78 is 38.6. The van der Waals surface area contributed by atoms with Crippen molar-refractivity contribution in [3.05, 3.63) is 47.3 Å². The molecule has 0 N–H and O–H groups in total. The molecule has 0 fully saturated rings. The standard InChI is InChI=1S/C12H9F3N2O2/c1-7-6-10(12(13,14)15)16-17(7)9-4-2-8(3-5-9)11(18)19/h2-6H,1H3,(H,18,19)/p-1. The number of carbonyl (C=O) groups excluding carboxylic acids is 1. The molecule has 2 rings (SSSR count). The third-order valence-corrected chi connectivity index (χ3v) is 2.53. The van der Waals surface area contributed by atoms with Crippen molar-refractivity contribution >= 4 is 5.97 Å². The zero-order chi connectivity index (χ0) is 14.2. The normalized spacial score (nSPS) is 11.6. The van der Waals surface area contributed by atoms with Gasteiger partial charge in [0, 0.05) is 5.69 Å². The molecular formula is C12H8F3N2O2-. The first-order chi connectivity index (χ1) is 8.79. The summed E-state index contributed by atoms with van der Waals surface area (Å²) in [5, 5.41) is 14.0. The van der Waals surface area contributed by atoms with E-state index in [-0.39, 0.29) is 5.56 Å². The summed E-state index contributed by atoms with van der Waals surface area (Å²) in [5.41, 5.74) is -0.398. The second kappa shape index (κ2) is 4.42. The maximum atomic E-state index is 12.5. The van der Waals surface area contributed by atoms with Gasteiger partial charge in [-0.25, -0.2) is 4.68 Å². The van der Waals surface area contributed by atoms with E-state index in [1.165, 1.54) is 31.2 Å². The molecule has 2 aromatic rings. The van der Waals surface area contributed by atoms with Crippen molar-refractivity contribution in [2.75, 3.05) is 0 Å². The van der Waals surface area contributed by atoms with Crippen LogP contribution in [0.25, 0.3) is 5.69 Å². The molecule has 0 aliphatic heterocycles. The van der Waals surface area contributed by atoms with E-state index in [4.69, 9.17) is 0 Å². The van der Waals surface area contributed by atoms with Gasteiger partial charge in [-0.1, -0.05) is 12.1 Å². The number of hydrogen-bond donors (Lipinski definition) is 0. The van der Waals surface area contributed by atoms with E-state index in [0.717, 1.165) is 10.7 Å². The smallest absolute Gasteiger partial charge is 0.435 e. The van der Waals surface area contributed by atoms with Gasteiger partial charge in [0.1, 0.15) is 0 Å². The summed E-state index contributed by atoms with van der Waals surface area (Å²) in [6, 6.07) is 6.15. The van der Waals surface area contributed by atoms with Gasteiger partial charge in [0.25, 0.3) is 0 Å². The van der Waals surface area contributed by atoms with Gasteiger partial charge in [-0.2, -0.15) is 18.3 Å². The Morgan fingerprint density at radius 1 is 1.26 bits per heavy atom. The highest BCUT2D eigenvalue weighted by atomic mass is 19.4. The molecule has 7 heteroatoms. The van der Waals surface area contributed by atoms with Gasteiger partial charge in [0.05, 0.1) is 11.7 Å². The minimum absolute atomic E-state index is 0.0513. The Morgan fingerprint density at radius 3 is 2.26 bits per heavy atom. The van der Waals surface area contributed by atoms with Crippen LogP contribution in [0.2, 0.25) is 0 Å². The fraction of sp³-hybridized carbons (Fsp3) is 0.167. The van der Waals surface area contributed by atoms with Crippen molar-refractivity contribution in [1.82, 2.24) is 9.78 Å². The molecule has 19 heavy (non-hydrogen) atoms. The molecule has 0 saturated heterocycles. The Hall–Kier alpha value is -2.31. The van der Waals surface area contributed by atoms with Crippen LogP contribution in [0.3, 0.4) is 0 Å². The van der Waals surface area contributed by atoms with Crippen molar-refractivity contribution in [3.63, 3.8) is 0 Å². The lowest BCUT2D eigenvalue weighted by molar-refractivity contribution is -0.255. The fourth-order valence-electron chi connectivity index (χ4n) is 1.61. The average molecular weight is 269 g/mol. The van der Waals surface area contributed by atoms with Gasteiger partial charge in [-0.3, -0.25) is 0 Å². The number of aromatic nitrogens is 2. The zero-order valence-electron chi connectivity index (χ0n) is 9.73. The SMILES string of the molecule is Cc1cc(C(F)(F)F)nn1-c1ccc(C(=O)[O-])cc1. The maximum Gasteiger partial charge on any atom is 0.435 e. The van der Waals surface area contributed by atoms with Crippen molar-refractivity contribution in [3.8, 4) is 5.69 Å². The number of aromatic carboxylic acids is 1. The fourth-order valence-corrected chi connectivity index (χ4v) is 1.61. The molecule has 4 nitrogen and oxygen atoms in total. The first kappa shape index (κ1) is 13.1. The van der Waals surface area contributed by atoms with Crippen LogP contribution < -0.4 is 5.11 Å². The van der Waals surface area contributed by atoms with Gasteiger partial charge < -0.3 is 9.90 Å². The number of hydrogen-bond acceptors (Lipinski definition) is 3. The Morgan fingerprint density at radius 2 is 1.84 bits per heavy atom. The number of alkyl halides is 3. The van der Waals surface area contributed by atoms with Crippen molar-refractivity contribution in [2.45, 2.75) is 13.1 Å². The molecule has 1 aromatic carbocycles. The Labute approximate surface area is 106 Å². The van der Waals surface area contributed by atoms with E-state index < -0.39 is 17.8 Å². The van der Waals surface area contributed by atoms with Crippen molar-refractivity contribution in [1.29, 1.82) is 0 Å². The molecule has 0 aliphatic carbocycles. The lowest BCUT2D eigenvalue weighted by Gasteiger charge is -2.07. The van der Waals surface area contributed by atoms with Crippen LogP contribution in [0.4, 0.5) is 13.2 Å². The van der Waals surface area contributed by atoms with E-state index in [2.05, 4.69) is 5.10 Å². The number of benzene rings is 1. The van der Waals surface area contributed by atoms with E-state index in [1.54, 1.807) is 0 Å². The van der Waals surface area contributed by atoms with Crippen LogP contribution in [-0.4, -0.2) is 15.7 Å². The number of aryl methyl sites for hydroxylation is 1. The molecule has 0 amide bonds. The lowest BCUT2D eigenvalue weighted by Crippen LogP contribution is -2.22. The molecule has 100 valence electrons. The molecule has 0 spiro atoms. The third kappa shape index (κ3) is 2.59. The number of nitrogens with zero attached hydrogens (tertiary/aromatic N) is 2. The largest absolute Gasteiger partial charge is 0.545 e. The van der Waals surface area contributed by atoms with Crippen LogP contribution in [0.1, 0.15) is 21.7 Å². The monoisotopic (exact) mass is 269 g/mol. The van der Waals surface area contributed by atoms with Gasteiger partial charge in [0.15, 0.2) is 5.69 Å². The minimum atomic E-state index is -4.51. The highest BCUT2D eigenvalue weighted by Gasteiger charge is 2.34. The van der Waals surface area contributed by atoms with Crippen LogP contribution in [-0.2, 0) is 6.18 Å². The molecule has 0 unspecified atom stereocenters. The number of halogens is 3.